The van der Waals surface area contributed by atoms with E-state index in [-0.39, 0.29) is 0 Å². The van der Waals surface area contributed by atoms with Crippen LogP contribution in [0.1, 0.15) is 29.4 Å². The molecule has 2 heterocycles. The van der Waals surface area contributed by atoms with Crippen molar-refractivity contribution in [2.45, 2.75) is 33.7 Å². The van der Waals surface area contributed by atoms with E-state index in [1.54, 1.807) is 6.20 Å². The van der Waals surface area contributed by atoms with Crippen LogP contribution >= 0.6 is 0 Å². The Hall–Kier alpha value is -1.94. The zero-order chi connectivity index (χ0) is 15.1. The molecule has 0 amide bonds. The van der Waals surface area contributed by atoms with E-state index in [1.165, 1.54) is 5.56 Å². The van der Waals surface area contributed by atoms with Crippen molar-refractivity contribution in [3.05, 3.63) is 53.0 Å². The van der Waals surface area contributed by atoms with E-state index in [0.717, 1.165) is 42.3 Å². The van der Waals surface area contributed by atoms with Gasteiger partial charge in [-0.3, -0.25) is 4.98 Å². The SMILES string of the molecule is CCNCc1c(C)cc(C)nc1OCCc1ccccn1. The van der Waals surface area contributed by atoms with Gasteiger partial charge in [-0.15, -0.1) is 0 Å². The molecule has 0 fully saturated rings. The summed E-state index contributed by atoms with van der Waals surface area (Å²) in [7, 11) is 0. The van der Waals surface area contributed by atoms with Gasteiger partial charge in [0.05, 0.1) is 6.61 Å². The maximum absolute atomic E-state index is 5.91. The van der Waals surface area contributed by atoms with E-state index in [2.05, 4.69) is 35.2 Å². The van der Waals surface area contributed by atoms with E-state index < -0.39 is 0 Å². The van der Waals surface area contributed by atoms with Crippen molar-refractivity contribution < 1.29 is 4.74 Å². The van der Waals surface area contributed by atoms with Crippen LogP contribution in [0.25, 0.3) is 0 Å². The Morgan fingerprint density at radius 2 is 2.10 bits per heavy atom. The lowest BCUT2D eigenvalue weighted by Crippen LogP contribution is -2.16. The summed E-state index contributed by atoms with van der Waals surface area (Å²) >= 11 is 0. The molecule has 21 heavy (non-hydrogen) atoms. The molecule has 4 heteroatoms. The van der Waals surface area contributed by atoms with Crippen molar-refractivity contribution in [1.29, 1.82) is 0 Å². The van der Waals surface area contributed by atoms with Crippen LogP contribution < -0.4 is 10.1 Å². The molecule has 0 aliphatic heterocycles. The van der Waals surface area contributed by atoms with Gasteiger partial charge in [0.1, 0.15) is 0 Å². The Morgan fingerprint density at radius 3 is 2.81 bits per heavy atom. The molecule has 0 aliphatic rings. The summed E-state index contributed by atoms with van der Waals surface area (Å²) in [5, 5.41) is 3.34. The quantitative estimate of drug-likeness (QED) is 0.850. The summed E-state index contributed by atoms with van der Waals surface area (Å²) < 4.78 is 5.91. The second-order valence-corrected chi connectivity index (χ2v) is 5.06. The molecule has 0 saturated carbocycles. The van der Waals surface area contributed by atoms with Crippen molar-refractivity contribution in [1.82, 2.24) is 15.3 Å². The Labute approximate surface area is 126 Å². The second kappa shape index (κ2) is 7.74. The van der Waals surface area contributed by atoms with Crippen LogP contribution in [0.3, 0.4) is 0 Å². The number of aromatic nitrogens is 2. The average molecular weight is 285 g/mol. The highest BCUT2D eigenvalue weighted by molar-refractivity contribution is 5.35. The van der Waals surface area contributed by atoms with E-state index in [4.69, 9.17) is 4.74 Å². The van der Waals surface area contributed by atoms with Crippen LogP contribution in [0.15, 0.2) is 30.5 Å². The van der Waals surface area contributed by atoms with Gasteiger partial charge in [0.15, 0.2) is 0 Å². The van der Waals surface area contributed by atoms with E-state index >= 15 is 0 Å². The topological polar surface area (TPSA) is 47.0 Å². The monoisotopic (exact) mass is 285 g/mol. The van der Waals surface area contributed by atoms with Crippen LogP contribution in [0.5, 0.6) is 5.88 Å². The predicted molar refractivity (Wildman–Crippen MR) is 84.5 cm³/mol. The number of ether oxygens (including phenoxy) is 1. The van der Waals surface area contributed by atoms with Gasteiger partial charge in [0.2, 0.25) is 5.88 Å². The maximum atomic E-state index is 5.91. The molecule has 112 valence electrons. The minimum atomic E-state index is 0.589. The first kappa shape index (κ1) is 15.4. The Morgan fingerprint density at radius 1 is 1.24 bits per heavy atom. The molecular formula is C17H23N3O. The molecule has 0 bridgehead atoms. The fraction of sp³-hybridized carbons (Fsp3) is 0.412. The highest BCUT2D eigenvalue weighted by Crippen LogP contribution is 2.21. The van der Waals surface area contributed by atoms with Crippen molar-refractivity contribution in [2.24, 2.45) is 0 Å². The molecule has 2 aromatic heterocycles. The summed E-state index contributed by atoms with van der Waals surface area (Å²) in [6.45, 7) is 8.50. The molecule has 2 aromatic rings. The summed E-state index contributed by atoms with van der Waals surface area (Å²) in [5.74, 6) is 0.740. The van der Waals surface area contributed by atoms with Crippen LogP contribution in [0.4, 0.5) is 0 Å². The number of hydrogen-bond acceptors (Lipinski definition) is 4. The first-order valence-corrected chi connectivity index (χ1v) is 7.41. The molecule has 0 saturated heterocycles. The first-order valence-electron chi connectivity index (χ1n) is 7.41. The first-order chi connectivity index (χ1) is 10.2. The largest absolute Gasteiger partial charge is 0.477 e. The van der Waals surface area contributed by atoms with Crippen LogP contribution in [-0.2, 0) is 13.0 Å². The number of rotatable bonds is 7. The zero-order valence-corrected chi connectivity index (χ0v) is 13.0. The maximum Gasteiger partial charge on any atom is 0.218 e. The Bertz CT molecular complexity index is 570. The van der Waals surface area contributed by atoms with Crippen molar-refractivity contribution in [2.75, 3.05) is 13.2 Å². The molecule has 4 nitrogen and oxygen atoms in total. The molecule has 0 spiro atoms. The third-order valence-electron chi connectivity index (χ3n) is 3.31. The second-order valence-electron chi connectivity index (χ2n) is 5.06. The van der Waals surface area contributed by atoms with Crippen molar-refractivity contribution >= 4 is 0 Å². The van der Waals surface area contributed by atoms with Crippen molar-refractivity contribution in [3.63, 3.8) is 0 Å². The number of nitrogens with zero attached hydrogens (tertiary/aromatic N) is 2. The number of hydrogen-bond donors (Lipinski definition) is 1. The molecule has 0 radical (unpaired) electrons. The van der Waals surface area contributed by atoms with Crippen LogP contribution in [0, 0.1) is 13.8 Å². The summed E-state index contributed by atoms with van der Waals surface area (Å²) in [6.07, 6.45) is 2.59. The summed E-state index contributed by atoms with van der Waals surface area (Å²) in [5.41, 5.74) is 4.38. The fourth-order valence-electron chi connectivity index (χ4n) is 2.21. The van der Waals surface area contributed by atoms with E-state index in [1.807, 2.05) is 25.1 Å². The Balaban J connectivity index is 2.04. The average Bonchev–Trinajstić information content (AvgIpc) is 2.47. The van der Waals surface area contributed by atoms with Gasteiger partial charge in [-0.25, -0.2) is 4.98 Å². The normalized spacial score (nSPS) is 10.6. The standard InChI is InChI=1S/C17H23N3O/c1-4-18-12-16-13(2)11-14(3)20-17(16)21-10-8-15-7-5-6-9-19-15/h5-7,9,11,18H,4,8,10,12H2,1-3H3. The smallest absolute Gasteiger partial charge is 0.218 e. The third kappa shape index (κ3) is 4.53. The minimum Gasteiger partial charge on any atom is -0.477 e. The summed E-state index contributed by atoms with van der Waals surface area (Å²) in [4.78, 5) is 8.84. The lowest BCUT2D eigenvalue weighted by atomic mass is 10.1. The fourth-order valence-corrected chi connectivity index (χ4v) is 2.21. The van der Waals surface area contributed by atoms with E-state index in [9.17, 15) is 0 Å². The van der Waals surface area contributed by atoms with Gasteiger partial charge in [0, 0.05) is 36.1 Å². The van der Waals surface area contributed by atoms with Gasteiger partial charge < -0.3 is 10.1 Å². The van der Waals surface area contributed by atoms with Crippen LogP contribution in [-0.4, -0.2) is 23.1 Å². The van der Waals surface area contributed by atoms with Gasteiger partial charge in [-0.1, -0.05) is 13.0 Å². The molecular weight excluding hydrogens is 262 g/mol. The van der Waals surface area contributed by atoms with Crippen molar-refractivity contribution in [3.8, 4) is 5.88 Å². The highest BCUT2D eigenvalue weighted by Gasteiger charge is 2.10. The molecule has 1 N–H and O–H groups in total. The minimum absolute atomic E-state index is 0.589. The van der Waals surface area contributed by atoms with Crippen LogP contribution in [0.2, 0.25) is 0 Å². The highest BCUT2D eigenvalue weighted by atomic mass is 16.5. The Kier molecular flexibility index (Phi) is 5.69. The van der Waals surface area contributed by atoms with Gasteiger partial charge in [-0.05, 0) is 44.2 Å². The molecule has 0 atom stereocenters. The molecule has 0 aromatic carbocycles. The lowest BCUT2D eigenvalue weighted by Gasteiger charge is -2.14. The number of nitrogens with one attached hydrogen (secondary N) is 1. The summed E-state index contributed by atoms with van der Waals surface area (Å²) in [6, 6.07) is 8.02. The number of pyridine rings is 2. The van der Waals surface area contributed by atoms with Gasteiger partial charge in [0.25, 0.3) is 0 Å². The third-order valence-corrected chi connectivity index (χ3v) is 3.31. The predicted octanol–water partition coefficient (Wildman–Crippen LogP) is 2.82. The van der Waals surface area contributed by atoms with Gasteiger partial charge in [-0.2, -0.15) is 0 Å². The number of aryl methyl sites for hydroxylation is 2. The zero-order valence-electron chi connectivity index (χ0n) is 13.0. The lowest BCUT2D eigenvalue weighted by molar-refractivity contribution is 0.303. The molecule has 0 unspecified atom stereocenters. The van der Waals surface area contributed by atoms with Gasteiger partial charge >= 0.3 is 0 Å². The molecule has 0 aliphatic carbocycles. The molecule has 2 rings (SSSR count). The van der Waals surface area contributed by atoms with E-state index in [0.29, 0.717) is 6.61 Å².